The molecule has 0 saturated heterocycles. The third-order valence-electron chi connectivity index (χ3n) is 3.08. The Morgan fingerprint density at radius 1 is 1.24 bits per heavy atom. The molecule has 0 atom stereocenters. The van der Waals surface area contributed by atoms with E-state index in [-0.39, 0.29) is 29.2 Å². The number of aryl methyl sites for hydroxylation is 1. The summed E-state index contributed by atoms with van der Waals surface area (Å²) in [6, 6.07) is 7.10. The van der Waals surface area contributed by atoms with Gasteiger partial charge >= 0.3 is 0 Å². The molecule has 0 unspecified atom stereocenters. The second-order valence-electron chi connectivity index (χ2n) is 5.96. The van der Waals surface area contributed by atoms with Gasteiger partial charge in [-0.05, 0) is 30.5 Å². The van der Waals surface area contributed by atoms with Crippen molar-refractivity contribution < 1.29 is 9.59 Å². The highest BCUT2D eigenvalue weighted by molar-refractivity contribution is 6.06. The van der Waals surface area contributed by atoms with Crippen molar-refractivity contribution in [3.8, 4) is 6.07 Å². The molecular weight excluding hydrogens is 264 g/mol. The molecule has 0 aliphatic heterocycles. The van der Waals surface area contributed by atoms with Crippen molar-refractivity contribution in [3.05, 3.63) is 34.9 Å². The molecule has 0 N–H and O–H groups in total. The Kier molecular flexibility index (Phi) is 5.66. The number of hydrogen-bond donors (Lipinski definition) is 0. The van der Waals surface area contributed by atoms with Crippen LogP contribution in [0.1, 0.15) is 49.2 Å². The van der Waals surface area contributed by atoms with Crippen molar-refractivity contribution in [2.24, 2.45) is 11.8 Å². The van der Waals surface area contributed by atoms with E-state index in [1.807, 2.05) is 26.8 Å². The van der Waals surface area contributed by atoms with E-state index in [2.05, 4.69) is 0 Å². The van der Waals surface area contributed by atoms with Crippen LogP contribution in [0.5, 0.6) is 0 Å². The van der Waals surface area contributed by atoms with Gasteiger partial charge in [-0.3, -0.25) is 14.5 Å². The Labute approximate surface area is 126 Å². The standard InChI is InChI=1S/C17H22N2O2/c1-11(2)10-19(16(20)12(3)4)17(21)15-7-6-13(5)8-14(15)9-18/h6-8,11-12H,10H2,1-5H3. The van der Waals surface area contributed by atoms with Crippen LogP contribution in [0.3, 0.4) is 0 Å². The molecule has 4 heteroatoms. The molecule has 4 nitrogen and oxygen atoms in total. The molecule has 0 radical (unpaired) electrons. The molecule has 0 saturated carbocycles. The summed E-state index contributed by atoms with van der Waals surface area (Å²) in [5, 5.41) is 9.20. The maximum absolute atomic E-state index is 12.7. The van der Waals surface area contributed by atoms with E-state index in [1.165, 1.54) is 4.90 Å². The van der Waals surface area contributed by atoms with Crippen molar-refractivity contribution in [2.75, 3.05) is 6.54 Å². The van der Waals surface area contributed by atoms with Crippen molar-refractivity contribution >= 4 is 11.8 Å². The van der Waals surface area contributed by atoms with E-state index in [1.54, 1.807) is 32.0 Å². The number of nitrogens with zero attached hydrogens (tertiary/aromatic N) is 2. The third-order valence-corrected chi connectivity index (χ3v) is 3.08. The first-order chi connectivity index (χ1) is 9.77. The van der Waals surface area contributed by atoms with Crippen LogP contribution < -0.4 is 0 Å². The van der Waals surface area contributed by atoms with Crippen LogP contribution in [0.25, 0.3) is 0 Å². The molecule has 0 aromatic heterocycles. The number of amides is 2. The molecule has 0 heterocycles. The molecule has 0 bridgehead atoms. The van der Waals surface area contributed by atoms with Gasteiger partial charge in [0.1, 0.15) is 0 Å². The normalized spacial score (nSPS) is 10.6. The van der Waals surface area contributed by atoms with E-state index in [4.69, 9.17) is 0 Å². The van der Waals surface area contributed by atoms with Crippen LogP contribution in [-0.2, 0) is 4.79 Å². The lowest BCUT2D eigenvalue weighted by Crippen LogP contribution is -2.42. The fraction of sp³-hybridized carbons (Fsp3) is 0.471. The third kappa shape index (κ3) is 4.16. The Balaban J connectivity index is 3.23. The van der Waals surface area contributed by atoms with Crippen molar-refractivity contribution in [1.82, 2.24) is 4.90 Å². The van der Waals surface area contributed by atoms with Crippen molar-refractivity contribution in [2.45, 2.75) is 34.6 Å². The van der Waals surface area contributed by atoms with Gasteiger partial charge in [-0.15, -0.1) is 0 Å². The van der Waals surface area contributed by atoms with Crippen LogP contribution >= 0.6 is 0 Å². The lowest BCUT2D eigenvalue weighted by atomic mass is 10.0. The average molecular weight is 286 g/mol. The number of carbonyl (C=O) groups excluding carboxylic acids is 2. The summed E-state index contributed by atoms with van der Waals surface area (Å²) in [5.41, 5.74) is 1.51. The first kappa shape index (κ1) is 16.9. The Morgan fingerprint density at radius 2 is 1.86 bits per heavy atom. The van der Waals surface area contributed by atoms with Crippen LogP contribution in [0, 0.1) is 30.1 Å². The van der Waals surface area contributed by atoms with E-state index in [0.717, 1.165) is 5.56 Å². The van der Waals surface area contributed by atoms with Gasteiger partial charge in [-0.2, -0.15) is 5.26 Å². The minimum absolute atomic E-state index is 0.174. The van der Waals surface area contributed by atoms with Gasteiger partial charge in [-0.1, -0.05) is 33.8 Å². The molecule has 0 aliphatic rings. The summed E-state index contributed by atoms with van der Waals surface area (Å²) in [7, 11) is 0. The summed E-state index contributed by atoms with van der Waals surface area (Å²) >= 11 is 0. The van der Waals surface area contributed by atoms with Crippen LogP contribution in [0.2, 0.25) is 0 Å². The molecule has 112 valence electrons. The summed E-state index contributed by atoms with van der Waals surface area (Å²) in [4.78, 5) is 26.2. The second kappa shape index (κ2) is 7.03. The van der Waals surface area contributed by atoms with E-state index in [9.17, 15) is 14.9 Å². The number of hydrogen-bond acceptors (Lipinski definition) is 3. The minimum atomic E-state index is -0.390. The van der Waals surface area contributed by atoms with E-state index in [0.29, 0.717) is 12.1 Å². The summed E-state index contributed by atoms with van der Waals surface area (Å²) < 4.78 is 0. The van der Waals surface area contributed by atoms with Crippen LogP contribution in [0.4, 0.5) is 0 Å². The van der Waals surface area contributed by atoms with Gasteiger partial charge in [0.2, 0.25) is 5.91 Å². The topological polar surface area (TPSA) is 61.2 Å². The van der Waals surface area contributed by atoms with Gasteiger partial charge in [-0.25, -0.2) is 0 Å². The number of rotatable bonds is 4. The molecule has 1 aromatic carbocycles. The quantitative estimate of drug-likeness (QED) is 0.854. The largest absolute Gasteiger partial charge is 0.278 e. The first-order valence-electron chi connectivity index (χ1n) is 7.14. The lowest BCUT2D eigenvalue weighted by molar-refractivity contribution is -0.132. The lowest BCUT2D eigenvalue weighted by Gasteiger charge is -2.25. The molecule has 0 fully saturated rings. The van der Waals surface area contributed by atoms with Crippen LogP contribution in [-0.4, -0.2) is 23.3 Å². The second-order valence-corrected chi connectivity index (χ2v) is 5.96. The number of imide groups is 1. The molecule has 2 amide bonds. The Bertz CT molecular complexity index is 583. The smallest absolute Gasteiger partial charge is 0.261 e. The fourth-order valence-corrected chi connectivity index (χ4v) is 2.03. The molecule has 21 heavy (non-hydrogen) atoms. The first-order valence-corrected chi connectivity index (χ1v) is 7.14. The molecule has 1 aromatic rings. The number of nitriles is 1. The maximum atomic E-state index is 12.7. The van der Waals surface area contributed by atoms with Gasteiger partial charge in [0.05, 0.1) is 17.2 Å². The van der Waals surface area contributed by atoms with E-state index >= 15 is 0 Å². The SMILES string of the molecule is Cc1ccc(C(=O)N(CC(C)C)C(=O)C(C)C)c(C#N)c1. The highest BCUT2D eigenvalue weighted by Gasteiger charge is 2.27. The van der Waals surface area contributed by atoms with Crippen LogP contribution in [0.15, 0.2) is 18.2 Å². The highest BCUT2D eigenvalue weighted by atomic mass is 16.2. The molecule has 1 rings (SSSR count). The molecule has 0 aliphatic carbocycles. The predicted octanol–water partition coefficient (Wildman–Crippen LogP) is 3.15. The van der Waals surface area contributed by atoms with Gasteiger partial charge in [0.15, 0.2) is 0 Å². The number of carbonyl (C=O) groups is 2. The summed E-state index contributed by atoms with van der Waals surface area (Å²) in [6.45, 7) is 9.66. The highest BCUT2D eigenvalue weighted by Crippen LogP contribution is 2.16. The zero-order valence-corrected chi connectivity index (χ0v) is 13.3. The van der Waals surface area contributed by atoms with Gasteiger partial charge in [0, 0.05) is 12.5 Å². The zero-order valence-electron chi connectivity index (χ0n) is 13.3. The zero-order chi connectivity index (χ0) is 16.2. The summed E-state index contributed by atoms with van der Waals surface area (Å²) in [5.74, 6) is -0.687. The van der Waals surface area contributed by atoms with Gasteiger partial charge in [0.25, 0.3) is 5.91 Å². The fourth-order valence-electron chi connectivity index (χ4n) is 2.03. The molecule has 0 spiro atoms. The van der Waals surface area contributed by atoms with Crippen molar-refractivity contribution in [1.29, 1.82) is 5.26 Å². The molecular formula is C17H22N2O2. The van der Waals surface area contributed by atoms with E-state index < -0.39 is 0 Å². The summed E-state index contributed by atoms with van der Waals surface area (Å²) in [6.07, 6.45) is 0. The van der Waals surface area contributed by atoms with Gasteiger partial charge < -0.3 is 0 Å². The predicted molar refractivity (Wildman–Crippen MR) is 81.6 cm³/mol. The Morgan fingerprint density at radius 3 is 2.33 bits per heavy atom. The average Bonchev–Trinajstić information content (AvgIpc) is 2.42. The monoisotopic (exact) mass is 286 g/mol. The van der Waals surface area contributed by atoms with Crippen molar-refractivity contribution in [3.63, 3.8) is 0 Å². The Hall–Kier alpha value is -2.15. The maximum Gasteiger partial charge on any atom is 0.261 e. The number of benzene rings is 1. The minimum Gasteiger partial charge on any atom is -0.278 e.